The fourth-order valence-corrected chi connectivity index (χ4v) is 2.50. The molecule has 1 unspecified atom stereocenters. The Kier molecular flexibility index (Phi) is 5.59. The average molecular weight is 304 g/mol. The lowest BCUT2D eigenvalue weighted by Gasteiger charge is -2.25. The predicted octanol–water partition coefficient (Wildman–Crippen LogP) is 4.36. The topological polar surface area (TPSA) is 28.2 Å². The van der Waals surface area contributed by atoms with Gasteiger partial charge >= 0.3 is 0 Å². The van der Waals surface area contributed by atoms with Gasteiger partial charge < -0.3 is 5.32 Å². The first-order valence-corrected chi connectivity index (χ1v) is 7.62. The molecule has 112 valence electrons. The van der Waals surface area contributed by atoms with Gasteiger partial charge in [-0.25, -0.2) is 4.98 Å². The third-order valence-electron chi connectivity index (χ3n) is 3.61. The van der Waals surface area contributed by atoms with Gasteiger partial charge in [-0.3, -0.25) is 4.90 Å². The zero-order valence-corrected chi connectivity index (χ0v) is 13.6. The SMILES string of the molecule is CCNc1cc(CN(C)C(C)c2cccc(Cl)c2)ccn1. The van der Waals surface area contributed by atoms with Crippen LogP contribution in [0.25, 0.3) is 0 Å². The number of pyridine rings is 1. The molecule has 4 heteroatoms. The summed E-state index contributed by atoms with van der Waals surface area (Å²) in [6.45, 7) is 6.01. The molecule has 1 heterocycles. The van der Waals surface area contributed by atoms with Crippen molar-refractivity contribution < 1.29 is 0 Å². The van der Waals surface area contributed by atoms with E-state index in [4.69, 9.17) is 11.6 Å². The smallest absolute Gasteiger partial charge is 0.126 e. The molecule has 3 nitrogen and oxygen atoms in total. The standard InChI is InChI=1S/C17H22ClN3/c1-4-19-17-10-14(8-9-20-17)12-21(3)13(2)15-6-5-7-16(18)11-15/h5-11,13H,4,12H2,1-3H3,(H,19,20). The van der Waals surface area contributed by atoms with E-state index in [1.54, 1.807) is 0 Å². The first-order chi connectivity index (χ1) is 10.1. The molecule has 2 rings (SSSR count). The van der Waals surface area contributed by atoms with Crippen LogP contribution in [0.1, 0.15) is 31.0 Å². The Morgan fingerprint density at radius 3 is 2.81 bits per heavy atom. The zero-order valence-electron chi connectivity index (χ0n) is 12.8. The van der Waals surface area contributed by atoms with Gasteiger partial charge in [-0.05, 0) is 56.3 Å². The van der Waals surface area contributed by atoms with Gasteiger partial charge in [0.2, 0.25) is 0 Å². The molecule has 0 fully saturated rings. The van der Waals surface area contributed by atoms with Crippen LogP contribution in [0.2, 0.25) is 5.02 Å². The first-order valence-electron chi connectivity index (χ1n) is 7.24. The number of benzene rings is 1. The second-order valence-electron chi connectivity index (χ2n) is 5.23. The number of hydrogen-bond donors (Lipinski definition) is 1. The summed E-state index contributed by atoms with van der Waals surface area (Å²) in [4.78, 5) is 6.61. The van der Waals surface area contributed by atoms with Crippen molar-refractivity contribution in [2.75, 3.05) is 18.9 Å². The van der Waals surface area contributed by atoms with Crippen molar-refractivity contribution in [3.05, 3.63) is 58.7 Å². The summed E-state index contributed by atoms with van der Waals surface area (Å²) in [5.41, 5.74) is 2.48. The summed E-state index contributed by atoms with van der Waals surface area (Å²) in [7, 11) is 2.12. The number of anilines is 1. The summed E-state index contributed by atoms with van der Waals surface area (Å²) < 4.78 is 0. The van der Waals surface area contributed by atoms with Crippen molar-refractivity contribution in [2.24, 2.45) is 0 Å². The minimum atomic E-state index is 0.305. The first kappa shape index (κ1) is 15.8. The molecule has 1 aromatic carbocycles. The third kappa shape index (κ3) is 4.45. The van der Waals surface area contributed by atoms with E-state index in [1.165, 1.54) is 11.1 Å². The minimum Gasteiger partial charge on any atom is -0.370 e. The lowest BCUT2D eigenvalue weighted by molar-refractivity contribution is 0.253. The molecule has 0 bridgehead atoms. The van der Waals surface area contributed by atoms with Crippen molar-refractivity contribution in [2.45, 2.75) is 26.4 Å². The summed E-state index contributed by atoms with van der Waals surface area (Å²) in [5, 5.41) is 4.03. The quantitative estimate of drug-likeness (QED) is 0.859. The van der Waals surface area contributed by atoms with Crippen LogP contribution in [-0.2, 0) is 6.54 Å². The fourth-order valence-electron chi connectivity index (χ4n) is 2.30. The Balaban J connectivity index is 2.06. The molecular formula is C17H22ClN3. The van der Waals surface area contributed by atoms with Crippen molar-refractivity contribution in [1.82, 2.24) is 9.88 Å². The van der Waals surface area contributed by atoms with Gasteiger partial charge in [0.1, 0.15) is 5.82 Å². The number of nitrogens with one attached hydrogen (secondary N) is 1. The van der Waals surface area contributed by atoms with E-state index < -0.39 is 0 Å². The molecule has 1 N–H and O–H groups in total. The average Bonchev–Trinajstić information content (AvgIpc) is 2.47. The number of rotatable bonds is 6. The number of nitrogens with zero attached hydrogens (tertiary/aromatic N) is 2. The summed E-state index contributed by atoms with van der Waals surface area (Å²) >= 11 is 6.07. The molecule has 0 aliphatic heterocycles. The van der Waals surface area contributed by atoms with Gasteiger partial charge in [-0.2, -0.15) is 0 Å². The van der Waals surface area contributed by atoms with Crippen LogP contribution >= 0.6 is 11.6 Å². The minimum absolute atomic E-state index is 0.305. The second-order valence-corrected chi connectivity index (χ2v) is 5.66. The summed E-state index contributed by atoms with van der Waals surface area (Å²) in [6.07, 6.45) is 1.85. The van der Waals surface area contributed by atoms with Gasteiger partial charge in [0.15, 0.2) is 0 Å². The highest BCUT2D eigenvalue weighted by molar-refractivity contribution is 6.30. The molecule has 0 saturated heterocycles. The number of hydrogen-bond acceptors (Lipinski definition) is 3. The van der Waals surface area contributed by atoms with Crippen LogP contribution in [-0.4, -0.2) is 23.5 Å². The molecule has 0 aliphatic rings. The maximum Gasteiger partial charge on any atom is 0.126 e. The van der Waals surface area contributed by atoms with Gasteiger partial charge in [-0.1, -0.05) is 23.7 Å². The molecule has 0 amide bonds. The van der Waals surface area contributed by atoms with Crippen LogP contribution in [0.3, 0.4) is 0 Å². The monoisotopic (exact) mass is 303 g/mol. The molecule has 1 atom stereocenters. The molecule has 0 saturated carbocycles. The highest BCUT2D eigenvalue weighted by Gasteiger charge is 2.12. The zero-order chi connectivity index (χ0) is 15.2. The van der Waals surface area contributed by atoms with Crippen LogP contribution in [0, 0.1) is 0 Å². The van der Waals surface area contributed by atoms with E-state index in [1.807, 2.05) is 24.4 Å². The Hall–Kier alpha value is -1.58. The number of aromatic nitrogens is 1. The van der Waals surface area contributed by atoms with E-state index in [2.05, 4.69) is 54.3 Å². The Labute approximate surface area is 132 Å². The van der Waals surface area contributed by atoms with Crippen molar-refractivity contribution in [1.29, 1.82) is 0 Å². The normalized spacial score (nSPS) is 12.4. The highest BCUT2D eigenvalue weighted by atomic mass is 35.5. The lowest BCUT2D eigenvalue weighted by atomic mass is 10.1. The molecule has 0 aliphatic carbocycles. The van der Waals surface area contributed by atoms with Crippen LogP contribution in [0.15, 0.2) is 42.6 Å². The van der Waals surface area contributed by atoms with E-state index >= 15 is 0 Å². The van der Waals surface area contributed by atoms with E-state index in [0.717, 1.165) is 23.9 Å². The fraction of sp³-hybridized carbons (Fsp3) is 0.353. The Morgan fingerprint density at radius 1 is 1.29 bits per heavy atom. The van der Waals surface area contributed by atoms with Gasteiger partial charge in [0.05, 0.1) is 0 Å². The van der Waals surface area contributed by atoms with Crippen LogP contribution < -0.4 is 5.32 Å². The molecule has 0 radical (unpaired) electrons. The molecule has 21 heavy (non-hydrogen) atoms. The van der Waals surface area contributed by atoms with E-state index in [9.17, 15) is 0 Å². The predicted molar refractivity (Wildman–Crippen MR) is 89.7 cm³/mol. The van der Waals surface area contributed by atoms with Crippen molar-refractivity contribution >= 4 is 17.4 Å². The van der Waals surface area contributed by atoms with Crippen molar-refractivity contribution in [3.63, 3.8) is 0 Å². The van der Waals surface area contributed by atoms with E-state index in [-0.39, 0.29) is 0 Å². The van der Waals surface area contributed by atoms with Crippen molar-refractivity contribution in [3.8, 4) is 0 Å². The molecule has 2 aromatic rings. The largest absolute Gasteiger partial charge is 0.370 e. The second kappa shape index (κ2) is 7.43. The maximum absolute atomic E-state index is 6.07. The third-order valence-corrected chi connectivity index (χ3v) is 3.84. The van der Waals surface area contributed by atoms with Crippen LogP contribution in [0.4, 0.5) is 5.82 Å². The van der Waals surface area contributed by atoms with Gasteiger partial charge in [-0.15, -0.1) is 0 Å². The van der Waals surface area contributed by atoms with Gasteiger partial charge in [0.25, 0.3) is 0 Å². The summed E-state index contributed by atoms with van der Waals surface area (Å²) in [5.74, 6) is 0.929. The highest BCUT2D eigenvalue weighted by Crippen LogP contribution is 2.23. The maximum atomic E-state index is 6.07. The van der Waals surface area contributed by atoms with Gasteiger partial charge in [0, 0.05) is 30.4 Å². The molecule has 1 aromatic heterocycles. The Bertz CT molecular complexity index is 586. The summed E-state index contributed by atoms with van der Waals surface area (Å²) in [6, 6.07) is 12.5. The lowest BCUT2D eigenvalue weighted by Crippen LogP contribution is -2.22. The molecule has 0 spiro atoms. The van der Waals surface area contributed by atoms with Crippen LogP contribution in [0.5, 0.6) is 0 Å². The molecular weight excluding hydrogens is 282 g/mol. The Morgan fingerprint density at radius 2 is 2.10 bits per heavy atom. The number of halogens is 1. The van der Waals surface area contributed by atoms with E-state index in [0.29, 0.717) is 6.04 Å².